The Morgan fingerprint density at radius 1 is 1.00 bits per heavy atom. The largest absolute Gasteiger partial charge is 0.477 e. The number of ether oxygens (including phenoxy) is 2. The molecule has 0 bridgehead atoms. The monoisotopic (exact) mass is 433 g/mol. The van der Waals surface area contributed by atoms with E-state index in [4.69, 9.17) is 4.74 Å². The summed E-state index contributed by atoms with van der Waals surface area (Å²) in [6.45, 7) is -0.660. The Labute approximate surface area is 168 Å². The maximum Gasteiger partial charge on any atom is 0.260 e. The molecule has 4 nitrogen and oxygen atoms in total. The van der Waals surface area contributed by atoms with Gasteiger partial charge in [0.15, 0.2) is 12.4 Å². The van der Waals surface area contributed by atoms with Crippen LogP contribution in [-0.2, 0) is 16.1 Å². The quantitative estimate of drug-likeness (QED) is 0.375. The van der Waals surface area contributed by atoms with Gasteiger partial charge in [-0.25, -0.2) is 17.6 Å². The number of halogens is 6. The van der Waals surface area contributed by atoms with Crippen molar-refractivity contribution in [2.75, 3.05) is 19.8 Å². The van der Waals surface area contributed by atoms with Crippen LogP contribution in [0.25, 0.3) is 0 Å². The van der Waals surface area contributed by atoms with Crippen molar-refractivity contribution in [3.63, 3.8) is 0 Å². The first-order chi connectivity index (χ1) is 14.3. The summed E-state index contributed by atoms with van der Waals surface area (Å²) in [7, 11) is 0. The molecule has 3 rings (SSSR count). The molecule has 1 saturated heterocycles. The van der Waals surface area contributed by atoms with Gasteiger partial charge in [-0.3, -0.25) is 4.79 Å². The molecule has 1 aliphatic heterocycles. The number of rotatable bonds is 7. The highest BCUT2D eigenvalue weighted by molar-refractivity contribution is 5.77. The third-order valence-corrected chi connectivity index (χ3v) is 4.63. The third-order valence-electron chi connectivity index (χ3n) is 4.63. The molecule has 10 heteroatoms. The lowest BCUT2D eigenvalue weighted by Crippen LogP contribution is -2.40. The lowest BCUT2D eigenvalue weighted by molar-refractivity contribution is -0.135. The molecule has 0 saturated carbocycles. The number of carbonyl (C=O) groups excluding carboxylic acids is 1. The Bertz CT molecular complexity index is 904. The Kier molecular flexibility index (Phi) is 6.86. The van der Waals surface area contributed by atoms with E-state index in [1.807, 2.05) is 0 Å². The number of carbonyl (C=O) groups is 1. The normalized spacial score (nSPS) is 16.0. The highest BCUT2D eigenvalue weighted by Crippen LogP contribution is 2.29. The number of nitrogens with zero attached hydrogens (tertiary/aromatic N) is 1. The zero-order valence-corrected chi connectivity index (χ0v) is 15.6. The van der Waals surface area contributed by atoms with Gasteiger partial charge in [-0.15, -0.1) is 0 Å². The molecule has 1 unspecified atom stereocenters. The predicted octanol–water partition coefficient (Wildman–Crippen LogP) is 4.11. The van der Waals surface area contributed by atoms with Crippen LogP contribution in [0.1, 0.15) is 18.4 Å². The Balaban J connectivity index is 1.77. The molecule has 0 N–H and O–H groups in total. The molecule has 1 amide bonds. The van der Waals surface area contributed by atoms with Crippen LogP contribution < -0.4 is 4.74 Å². The molecule has 162 valence electrons. The van der Waals surface area contributed by atoms with Gasteiger partial charge < -0.3 is 14.4 Å². The minimum absolute atomic E-state index is 0.0492. The van der Waals surface area contributed by atoms with Crippen molar-refractivity contribution in [1.82, 2.24) is 4.90 Å². The van der Waals surface area contributed by atoms with E-state index in [9.17, 15) is 31.1 Å². The maximum absolute atomic E-state index is 14.0. The zero-order chi connectivity index (χ0) is 21.8. The fraction of sp³-hybridized carbons (Fsp3) is 0.350. The fourth-order valence-corrected chi connectivity index (χ4v) is 3.06. The van der Waals surface area contributed by atoms with Crippen molar-refractivity contribution in [2.24, 2.45) is 0 Å². The second-order valence-corrected chi connectivity index (χ2v) is 6.69. The Morgan fingerprint density at radius 3 is 2.23 bits per heavy atom. The molecule has 0 aliphatic carbocycles. The molecule has 30 heavy (non-hydrogen) atoms. The van der Waals surface area contributed by atoms with Crippen molar-refractivity contribution >= 4 is 5.91 Å². The SMILES string of the molecule is O=C(COc1c(F)c(F)c(F)c(F)c1F)N(Cc1ccccc1F)CC1CCCO1. The Morgan fingerprint density at radius 2 is 1.63 bits per heavy atom. The van der Waals surface area contributed by atoms with Crippen LogP contribution in [0.4, 0.5) is 26.3 Å². The van der Waals surface area contributed by atoms with Gasteiger partial charge >= 0.3 is 0 Å². The first-order valence-corrected chi connectivity index (χ1v) is 9.06. The molecule has 2 aromatic carbocycles. The molecule has 0 aromatic heterocycles. The summed E-state index contributed by atoms with van der Waals surface area (Å²) < 4.78 is 91.3. The van der Waals surface area contributed by atoms with E-state index >= 15 is 0 Å². The fourth-order valence-electron chi connectivity index (χ4n) is 3.06. The van der Waals surface area contributed by atoms with Crippen molar-refractivity contribution < 1.29 is 40.6 Å². The van der Waals surface area contributed by atoms with Crippen LogP contribution in [0.3, 0.4) is 0 Å². The van der Waals surface area contributed by atoms with E-state index in [1.165, 1.54) is 18.2 Å². The second-order valence-electron chi connectivity index (χ2n) is 6.69. The van der Waals surface area contributed by atoms with Gasteiger partial charge in [-0.2, -0.15) is 8.78 Å². The van der Waals surface area contributed by atoms with Crippen LogP contribution >= 0.6 is 0 Å². The van der Waals surface area contributed by atoms with Crippen molar-refractivity contribution in [1.29, 1.82) is 0 Å². The van der Waals surface area contributed by atoms with Crippen molar-refractivity contribution in [3.8, 4) is 5.75 Å². The van der Waals surface area contributed by atoms with Gasteiger partial charge in [0.05, 0.1) is 6.10 Å². The summed E-state index contributed by atoms with van der Waals surface area (Å²) in [6.07, 6.45) is 1.10. The first-order valence-electron chi connectivity index (χ1n) is 9.06. The van der Waals surface area contributed by atoms with Crippen LogP contribution in [0.15, 0.2) is 24.3 Å². The van der Waals surface area contributed by atoms with E-state index in [1.54, 1.807) is 6.07 Å². The van der Waals surface area contributed by atoms with Gasteiger partial charge in [0, 0.05) is 25.3 Å². The highest BCUT2D eigenvalue weighted by Gasteiger charge is 2.29. The van der Waals surface area contributed by atoms with E-state index in [0.29, 0.717) is 13.0 Å². The minimum Gasteiger partial charge on any atom is -0.477 e. The molecule has 1 fully saturated rings. The average molecular weight is 433 g/mol. The van der Waals surface area contributed by atoms with Gasteiger partial charge in [0.2, 0.25) is 29.1 Å². The van der Waals surface area contributed by atoms with Crippen LogP contribution in [0, 0.1) is 34.9 Å². The minimum atomic E-state index is -2.33. The van der Waals surface area contributed by atoms with E-state index in [0.717, 1.165) is 11.3 Å². The summed E-state index contributed by atoms with van der Waals surface area (Å²) in [5.74, 6) is -14.0. The van der Waals surface area contributed by atoms with Gasteiger partial charge in [0.25, 0.3) is 5.91 Å². The van der Waals surface area contributed by atoms with E-state index in [2.05, 4.69) is 4.74 Å². The van der Waals surface area contributed by atoms with Crippen LogP contribution in [-0.4, -0.2) is 36.7 Å². The first kappa shape index (κ1) is 21.9. The highest BCUT2D eigenvalue weighted by atomic mass is 19.2. The molecule has 1 heterocycles. The Hall–Kier alpha value is -2.75. The maximum atomic E-state index is 14.0. The lowest BCUT2D eigenvalue weighted by Gasteiger charge is -2.26. The van der Waals surface area contributed by atoms with Crippen molar-refractivity contribution in [3.05, 3.63) is 64.7 Å². The number of amides is 1. The average Bonchev–Trinajstić information content (AvgIpc) is 3.25. The molecule has 0 spiro atoms. The number of hydrogen-bond donors (Lipinski definition) is 0. The smallest absolute Gasteiger partial charge is 0.260 e. The summed E-state index contributed by atoms with van der Waals surface area (Å²) in [5, 5.41) is 0. The topological polar surface area (TPSA) is 38.8 Å². The lowest BCUT2D eigenvalue weighted by atomic mass is 10.1. The molecule has 1 atom stereocenters. The molecule has 1 aliphatic rings. The standard InChI is InChI=1S/C20H17F6NO3/c21-13-6-2-1-4-11(13)8-27(9-12-5-3-7-29-12)14(28)10-30-20-18(25)16(23)15(22)17(24)19(20)26/h1-2,4,6,12H,3,5,7-10H2. The molecule has 0 radical (unpaired) electrons. The van der Waals surface area contributed by atoms with E-state index in [-0.39, 0.29) is 24.8 Å². The van der Waals surface area contributed by atoms with Gasteiger partial charge in [0.1, 0.15) is 5.82 Å². The number of benzene rings is 2. The molecular formula is C20H17F6NO3. The van der Waals surface area contributed by atoms with E-state index < -0.39 is 53.2 Å². The molecule has 2 aromatic rings. The van der Waals surface area contributed by atoms with Crippen LogP contribution in [0.2, 0.25) is 0 Å². The summed E-state index contributed by atoms with van der Waals surface area (Å²) in [5.41, 5.74) is 0.181. The zero-order valence-electron chi connectivity index (χ0n) is 15.6. The third kappa shape index (κ3) is 4.69. The summed E-state index contributed by atoms with van der Waals surface area (Å²) >= 11 is 0. The van der Waals surface area contributed by atoms with Gasteiger partial charge in [-0.1, -0.05) is 18.2 Å². The summed E-state index contributed by atoms with van der Waals surface area (Å²) in [4.78, 5) is 13.7. The number of hydrogen-bond acceptors (Lipinski definition) is 3. The predicted molar refractivity (Wildman–Crippen MR) is 92.5 cm³/mol. The summed E-state index contributed by atoms with van der Waals surface area (Å²) in [6, 6.07) is 5.70. The molecular weight excluding hydrogens is 416 g/mol. The second kappa shape index (κ2) is 9.38. The van der Waals surface area contributed by atoms with Crippen LogP contribution in [0.5, 0.6) is 5.75 Å². The van der Waals surface area contributed by atoms with Crippen molar-refractivity contribution in [2.45, 2.75) is 25.5 Å². The van der Waals surface area contributed by atoms with Gasteiger partial charge in [-0.05, 0) is 18.9 Å².